The van der Waals surface area contributed by atoms with Gasteiger partial charge in [0, 0.05) is 5.39 Å². The molecule has 2 N–H and O–H groups in total. The number of fused-ring (bicyclic) bond motifs is 2. The molecule has 0 fully saturated rings. The van der Waals surface area contributed by atoms with Crippen molar-refractivity contribution in [2.24, 2.45) is 0 Å². The van der Waals surface area contributed by atoms with Crippen LogP contribution in [0.4, 0.5) is 5.95 Å². The van der Waals surface area contributed by atoms with E-state index in [0.717, 1.165) is 11.1 Å². The van der Waals surface area contributed by atoms with Crippen molar-refractivity contribution < 1.29 is 23.8 Å². The largest absolute Gasteiger partial charge is 0.503 e. The highest BCUT2D eigenvalue weighted by molar-refractivity contribution is 6.20. The van der Waals surface area contributed by atoms with Gasteiger partial charge in [0.25, 0.3) is 5.91 Å². The maximum absolute atomic E-state index is 13.8. The van der Waals surface area contributed by atoms with Crippen LogP contribution in [0.5, 0.6) is 5.75 Å². The van der Waals surface area contributed by atoms with E-state index < -0.39 is 23.5 Å². The number of ether oxygens (including phenoxy) is 1. The van der Waals surface area contributed by atoms with Crippen LogP contribution in [0.3, 0.4) is 0 Å². The van der Waals surface area contributed by atoms with E-state index in [1.165, 1.54) is 12.0 Å². The van der Waals surface area contributed by atoms with Crippen LogP contribution >= 0.6 is 0 Å². The maximum Gasteiger partial charge on any atom is 0.296 e. The van der Waals surface area contributed by atoms with Crippen molar-refractivity contribution in [1.82, 2.24) is 9.97 Å². The van der Waals surface area contributed by atoms with E-state index in [2.05, 4.69) is 9.97 Å². The van der Waals surface area contributed by atoms with E-state index in [4.69, 9.17) is 9.15 Å². The number of aliphatic hydroxyl groups excluding tert-OH is 1. The SMILES string of the molecule is COc1cccc2cc(C(=O)C3=C(O)C(=O)N(c4nc5ccccc5[nH]4)C3c3cccc(C)c3)oc12. The molecule has 0 saturated carbocycles. The van der Waals surface area contributed by atoms with E-state index in [0.29, 0.717) is 27.8 Å². The predicted octanol–water partition coefficient (Wildman–Crippen LogP) is 5.41. The van der Waals surface area contributed by atoms with E-state index >= 15 is 0 Å². The number of methoxy groups -OCH3 is 1. The highest BCUT2D eigenvalue weighted by Gasteiger charge is 2.46. The molecule has 178 valence electrons. The van der Waals surface area contributed by atoms with Gasteiger partial charge in [-0.1, -0.05) is 54.1 Å². The summed E-state index contributed by atoms with van der Waals surface area (Å²) < 4.78 is 11.2. The number of aryl methyl sites for hydroxylation is 1. The van der Waals surface area contributed by atoms with Crippen LogP contribution < -0.4 is 9.64 Å². The summed E-state index contributed by atoms with van der Waals surface area (Å²) >= 11 is 0. The van der Waals surface area contributed by atoms with Crippen molar-refractivity contribution in [2.45, 2.75) is 13.0 Å². The Balaban J connectivity index is 1.52. The Kier molecular flexibility index (Phi) is 4.89. The summed E-state index contributed by atoms with van der Waals surface area (Å²) in [5.74, 6) is -1.26. The van der Waals surface area contributed by atoms with Crippen LogP contribution in [-0.2, 0) is 4.79 Å². The van der Waals surface area contributed by atoms with Gasteiger partial charge in [0.1, 0.15) is 0 Å². The molecule has 8 nitrogen and oxygen atoms in total. The molecule has 3 heterocycles. The molecule has 0 bridgehead atoms. The van der Waals surface area contributed by atoms with Gasteiger partial charge in [-0.05, 0) is 36.8 Å². The lowest BCUT2D eigenvalue weighted by atomic mass is 9.94. The Morgan fingerprint density at radius 3 is 2.67 bits per heavy atom. The lowest BCUT2D eigenvalue weighted by Crippen LogP contribution is -2.32. The van der Waals surface area contributed by atoms with Gasteiger partial charge in [0.05, 0.1) is 29.8 Å². The smallest absolute Gasteiger partial charge is 0.296 e. The number of carbonyl (C=O) groups is 2. The Bertz CT molecular complexity index is 1680. The van der Waals surface area contributed by atoms with Crippen molar-refractivity contribution >= 4 is 39.6 Å². The van der Waals surface area contributed by atoms with Crippen LogP contribution in [0.15, 0.2) is 88.5 Å². The molecular formula is C28H21N3O5. The zero-order chi connectivity index (χ0) is 25.0. The Labute approximate surface area is 205 Å². The molecule has 8 heteroatoms. The molecule has 0 spiro atoms. The number of aromatic nitrogens is 2. The minimum atomic E-state index is -0.916. The van der Waals surface area contributed by atoms with Gasteiger partial charge in [0.2, 0.25) is 11.7 Å². The molecule has 1 aliphatic rings. The minimum Gasteiger partial charge on any atom is -0.503 e. The topological polar surface area (TPSA) is 109 Å². The molecule has 0 aliphatic carbocycles. The fourth-order valence-electron chi connectivity index (χ4n) is 4.71. The molecule has 6 rings (SSSR count). The van der Waals surface area contributed by atoms with Gasteiger partial charge in [-0.25, -0.2) is 4.98 Å². The zero-order valence-electron chi connectivity index (χ0n) is 19.5. The fourth-order valence-corrected chi connectivity index (χ4v) is 4.71. The van der Waals surface area contributed by atoms with Gasteiger partial charge >= 0.3 is 0 Å². The molecule has 1 unspecified atom stereocenters. The number of nitrogens with one attached hydrogen (secondary N) is 1. The Hall–Kier alpha value is -4.85. The van der Waals surface area contributed by atoms with Crippen LogP contribution in [0.1, 0.15) is 27.7 Å². The number of imidazole rings is 1. The first kappa shape index (κ1) is 21.7. The average molecular weight is 479 g/mol. The number of anilines is 1. The molecule has 1 aliphatic heterocycles. The number of rotatable bonds is 5. The summed E-state index contributed by atoms with van der Waals surface area (Å²) in [6.07, 6.45) is 0. The number of furan rings is 1. The summed E-state index contributed by atoms with van der Waals surface area (Å²) in [7, 11) is 1.52. The number of H-pyrrole nitrogens is 1. The minimum absolute atomic E-state index is 0.00652. The number of hydrogen-bond acceptors (Lipinski definition) is 6. The van der Waals surface area contributed by atoms with Crippen molar-refractivity contribution in [2.75, 3.05) is 12.0 Å². The number of para-hydroxylation sites is 3. The number of hydrogen-bond donors (Lipinski definition) is 2. The van der Waals surface area contributed by atoms with E-state index in [1.54, 1.807) is 24.3 Å². The van der Waals surface area contributed by atoms with Crippen LogP contribution in [0.2, 0.25) is 0 Å². The molecule has 2 aromatic heterocycles. The molecule has 1 atom stereocenters. The standard InChI is InChI=1S/C28H21N3O5/c1-15-7-5-8-16(13-15)23-22(24(32)21-14-17-9-6-12-20(35-2)26(17)36-21)25(33)27(34)31(23)28-29-18-10-3-4-11-19(18)30-28/h3-14,23,33H,1-2H3,(H,29,30). The van der Waals surface area contributed by atoms with Crippen LogP contribution in [0.25, 0.3) is 22.0 Å². The lowest BCUT2D eigenvalue weighted by Gasteiger charge is -2.24. The number of benzene rings is 3. The summed E-state index contributed by atoms with van der Waals surface area (Å²) in [5.41, 5.74) is 3.32. The first-order valence-corrected chi connectivity index (χ1v) is 11.4. The van der Waals surface area contributed by atoms with E-state index in [1.807, 2.05) is 55.5 Å². The number of aromatic amines is 1. The van der Waals surface area contributed by atoms with E-state index in [9.17, 15) is 14.7 Å². The third-order valence-electron chi connectivity index (χ3n) is 6.37. The van der Waals surface area contributed by atoms with Crippen LogP contribution in [-0.4, -0.2) is 33.9 Å². The second-order valence-corrected chi connectivity index (χ2v) is 8.65. The van der Waals surface area contributed by atoms with Crippen LogP contribution in [0, 0.1) is 6.92 Å². The van der Waals surface area contributed by atoms with Gasteiger partial charge in [-0.2, -0.15) is 0 Å². The number of nitrogens with zero attached hydrogens (tertiary/aromatic N) is 2. The third-order valence-corrected chi connectivity index (χ3v) is 6.37. The average Bonchev–Trinajstić information content (AvgIpc) is 3.57. The molecule has 5 aromatic rings. The number of ketones is 1. The number of Topliss-reactive ketones (excluding diaryl/α,β-unsaturated/α-hetero) is 1. The van der Waals surface area contributed by atoms with Crippen molar-refractivity contribution in [1.29, 1.82) is 0 Å². The zero-order valence-corrected chi connectivity index (χ0v) is 19.5. The predicted molar refractivity (Wildman–Crippen MR) is 134 cm³/mol. The van der Waals surface area contributed by atoms with Crippen molar-refractivity contribution in [3.05, 3.63) is 101 Å². The second-order valence-electron chi connectivity index (χ2n) is 8.65. The first-order chi connectivity index (χ1) is 17.5. The van der Waals surface area contributed by atoms with Crippen molar-refractivity contribution in [3.63, 3.8) is 0 Å². The Morgan fingerprint density at radius 2 is 1.89 bits per heavy atom. The first-order valence-electron chi connectivity index (χ1n) is 11.4. The normalized spacial score (nSPS) is 15.9. The quantitative estimate of drug-likeness (QED) is 0.326. The molecule has 1 amide bonds. The van der Waals surface area contributed by atoms with Gasteiger partial charge in [-0.3, -0.25) is 14.5 Å². The number of carbonyl (C=O) groups excluding carboxylic acids is 2. The van der Waals surface area contributed by atoms with Gasteiger partial charge in [-0.15, -0.1) is 0 Å². The Morgan fingerprint density at radius 1 is 1.08 bits per heavy atom. The molecule has 0 radical (unpaired) electrons. The summed E-state index contributed by atoms with van der Waals surface area (Å²) in [4.78, 5) is 36.3. The molecule has 3 aromatic carbocycles. The van der Waals surface area contributed by atoms with Crippen molar-refractivity contribution in [3.8, 4) is 5.75 Å². The lowest BCUT2D eigenvalue weighted by molar-refractivity contribution is -0.117. The summed E-state index contributed by atoms with van der Waals surface area (Å²) in [6.45, 7) is 1.92. The molecule has 36 heavy (non-hydrogen) atoms. The maximum atomic E-state index is 13.8. The van der Waals surface area contributed by atoms with E-state index in [-0.39, 0.29) is 17.3 Å². The summed E-state index contributed by atoms with van der Waals surface area (Å²) in [5, 5.41) is 11.7. The fraction of sp³-hybridized carbons (Fsp3) is 0.107. The monoisotopic (exact) mass is 479 g/mol. The number of amides is 1. The number of aliphatic hydroxyl groups is 1. The highest BCUT2D eigenvalue weighted by atomic mass is 16.5. The molecule has 0 saturated heterocycles. The third kappa shape index (κ3) is 3.26. The molecular weight excluding hydrogens is 458 g/mol. The summed E-state index contributed by atoms with van der Waals surface area (Å²) in [6, 6.07) is 20.8. The highest BCUT2D eigenvalue weighted by Crippen LogP contribution is 2.42. The second kappa shape index (κ2) is 8.13. The van der Waals surface area contributed by atoms with Gasteiger partial charge < -0.3 is 19.2 Å². The van der Waals surface area contributed by atoms with Gasteiger partial charge in [0.15, 0.2) is 22.9 Å².